The zero-order valence-corrected chi connectivity index (χ0v) is 16.2. The molecule has 1 aliphatic rings. The molecular formula is C15H23Cl2N5OS. The Labute approximate surface area is 158 Å². The van der Waals surface area contributed by atoms with Crippen LogP contribution in [0, 0.1) is 13.8 Å². The number of hydrogen-bond donors (Lipinski definition) is 3. The summed E-state index contributed by atoms with van der Waals surface area (Å²) < 4.78 is 0. The molecule has 0 saturated carbocycles. The first-order valence-corrected chi connectivity index (χ1v) is 8.43. The first kappa shape index (κ1) is 20.9. The van der Waals surface area contributed by atoms with E-state index < -0.39 is 0 Å². The molecule has 1 aliphatic heterocycles. The quantitative estimate of drug-likeness (QED) is 0.682. The predicted octanol–water partition coefficient (Wildman–Crippen LogP) is 2.26. The van der Waals surface area contributed by atoms with Crippen LogP contribution in [0.1, 0.15) is 39.4 Å². The summed E-state index contributed by atoms with van der Waals surface area (Å²) in [5.74, 6) is -0.000417. The van der Waals surface area contributed by atoms with Gasteiger partial charge in [-0.05, 0) is 20.3 Å². The Morgan fingerprint density at radius 1 is 1.42 bits per heavy atom. The number of carbonyl (C=O) groups excluding carboxylic acids is 1. The van der Waals surface area contributed by atoms with Gasteiger partial charge in [-0.2, -0.15) is 0 Å². The van der Waals surface area contributed by atoms with Gasteiger partial charge in [0.25, 0.3) is 0 Å². The number of halogens is 2. The second-order valence-corrected chi connectivity index (χ2v) is 6.83. The number of aromatic amines is 1. The van der Waals surface area contributed by atoms with Crippen LogP contribution in [0.3, 0.4) is 0 Å². The summed E-state index contributed by atoms with van der Waals surface area (Å²) in [5, 5.41) is 7.37. The van der Waals surface area contributed by atoms with Gasteiger partial charge < -0.3 is 15.6 Å². The zero-order valence-electron chi connectivity index (χ0n) is 13.7. The first-order valence-electron chi connectivity index (χ1n) is 7.61. The molecule has 1 amide bonds. The second-order valence-electron chi connectivity index (χ2n) is 5.55. The van der Waals surface area contributed by atoms with E-state index in [1.807, 2.05) is 6.92 Å². The van der Waals surface area contributed by atoms with Crippen LogP contribution in [0.5, 0.6) is 0 Å². The van der Waals surface area contributed by atoms with Crippen LogP contribution in [0.2, 0.25) is 0 Å². The van der Waals surface area contributed by atoms with Crippen molar-refractivity contribution >= 4 is 42.1 Å². The van der Waals surface area contributed by atoms with Crippen molar-refractivity contribution in [3.05, 3.63) is 33.3 Å². The summed E-state index contributed by atoms with van der Waals surface area (Å²) in [6.45, 7) is 5.58. The number of imidazole rings is 1. The fourth-order valence-electron chi connectivity index (χ4n) is 2.64. The van der Waals surface area contributed by atoms with E-state index in [1.54, 1.807) is 17.7 Å². The van der Waals surface area contributed by atoms with Gasteiger partial charge in [0.05, 0.1) is 22.7 Å². The largest absolute Gasteiger partial charge is 0.354 e. The molecule has 0 aliphatic carbocycles. The third kappa shape index (κ3) is 4.69. The number of aryl methyl sites for hydroxylation is 3. The Morgan fingerprint density at radius 2 is 2.21 bits per heavy atom. The lowest BCUT2D eigenvalue weighted by Gasteiger charge is -2.22. The molecule has 3 N–H and O–H groups in total. The topological polar surface area (TPSA) is 82.7 Å². The highest BCUT2D eigenvalue weighted by atomic mass is 35.5. The van der Waals surface area contributed by atoms with Crippen LogP contribution >= 0.6 is 36.2 Å². The minimum Gasteiger partial charge on any atom is -0.354 e. The Bertz CT molecular complexity index is 653. The van der Waals surface area contributed by atoms with E-state index in [2.05, 4.69) is 32.5 Å². The number of nitrogens with one attached hydrogen (secondary N) is 3. The van der Waals surface area contributed by atoms with Crippen molar-refractivity contribution in [3.63, 3.8) is 0 Å². The highest BCUT2D eigenvalue weighted by molar-refractivity contribution is 7.11. The van der Waals surface area contributed by atoms with Crippen molar-refractivity contribution in [1.29, 1.82) is 0 Å². The lowest BCUT2D eigenvalue weighted by atomic mass is 10.1. The van der Waals surface area contributed by atoms with E-state index >= 15 is 0 Å². The van der Waals surface area contributed by atoms with Gasteiger partial charge in [-0.3, -0.25) is 4.79 Å². The van der Waals surface area contributed by atoms with Crippen LogP contribution in [0.25, 0.3) is 0 Å². The van der Waals surface area contributed by atoms with E-state index in [-0.39, 0.29) is 36.8 Å². The Hall–Kier alpha value is -1.15. The van der Waals surface area contributed by atoms with E-state index in [1.165, 1.54) is 4.88 Å². The van der Waals surface area contributed by atoms with Crippen molar-refractivity contribution in [2.24, 2.45) is 0 Å². The fourth-order valence-corrected chi connectivity index (χ4v) is 3.61. The molecule has 0 bridgehead atoms. The van der Waals surface area contributed by atoms with Gasteiger partial charge in [0, 0.05) is 36.5 Å². The van der Waals surface area contributed by atoms with Gasteiger partial charge >= 0.3 is 0 Å². The molecule has 2 aromatic rings. The van der Waals surface area contributed by atoms with Crippen LogP contribution in [0.4, 0.5) is 0 Å². The van der Waals surface area contributed by atoms with Gasteiger partial charge in [-0.15, -0.1) is 36.2 Å². The molecule has 1 unspecified atom stereocenters. The van der Waals surface area contributed by atoms with Crippen molar-refractivity contribution in [3.8, 4) is 0 Å². The molecule has 1 atom stereocenters. The summed E-state index contributed by atoms with van der Waals surface area (Å²) in [5.41, 5.74) is 3.00. The zero-order chi connectivity index (χ0) is 15.5. The monoisotopic (exact) mass is 391 g/mol. The van der Waals surface area contributed by atoms with Gasteiger partial charge in [0.2, 0.25) is 5.91 Å². The Kier molecular flexibility index (Phi) is 8.15. The summed E-state index contributed by atoms with van der Waals surface area (Å²) >= 11 is 1.74. The van der Waals surface area contributed by atoms with Gasteiger partial charge in [-0.1, -0.05) is 0 Å². The summed E-state index contributed by atoms with van der Waals surface area (Å²) in [6, 6.07) is -0.334. The molecule has 2 aromatic heterocycles. The van der Waals surface area contributed by atoms with E-state index in [4.69, 9.17) is 0 Å². The molecule has 134 valence electrons. The number of H-pyrrole nitrogens is 1. The predicted molar refractivity (Wildman–Crippen MR) is 100 cm³/mol. The SMILES string of the molecule is Cc1nc(CCCNC(=O)C2NCCc3[nH]cnc32)sc1C.Cl.Cl. The maximum Gasteiger partial charge on any atom is 0.243 e. The molecule has 0 radical (unpaired) electrons. The van der Waals surface area contributed by atoms with E-state index in [0.717, 1.165) is 47.9 Å². The molecule has 3 rings (SSSR count). The van der Waals surface area contributed by atoms with Crippen LogP contribution in [0.15, 0.2) is 6.33 Å². The Morgan fingerprint density at radius 3 is 2.92 bits per heavy atom. The van der Waals surface area contributed by atoms with Crippen LogP contribution in [-0.4, -0.2) is 33.9 Å². The van der Waals surface area contributed by atoms with E-state index in [9.17, 15) is 4.79 Å². The standard InChI is InChI=1S/C15H21N5OS.2ClH/c1-9-10(2)22-12(20-9)4-3-6-17-15(21)14-13-11(5-7-16-14)18-8-19-13;;/h8,14,16H,3-7H2,1-2H3,(H,17,21)(H,18,19);2*1H. The second kappa shape index (κ2) is 9.36. The summed E-state index contributed by atoms with van der Waals surface area (Å²) in [7, 11) is 0. The molecule has 0 spiro atoms. The molecule has 0 fully saturated rings. The number of aromatic nitrogens is 3. The van der Waals surface area contributed by atoms with Crippen molar-refractivity contribution < 1.29 is 4.79 Å². The highest BCUT2D eigenvalue weighted by Crippen LogP contribution is 2.19. The molecular weight excluding hydrogens is 369 g/mol. The normalized spacial score (nSPS) is 15.8. The molecule has 6 nitrogen and oxygen atoms in total. The number of amides is 1. The van der Waals surface area contributed by atoms with Gasteiger partial charge in [0.1, 0.15) is 6.04 Å². The number of thiazole rings is 1. The summed E-state index contributed by atoms with van der Waals surface area (Å²) in [6.07, 6.45) is 4.36. The Balaban J connectivity index is 0.00000144. The number of fused-ring (bicyclic) bond motifs is 1. The number of hydrogen-bond acceptors (Lipinski definition) is 5. The van der Waals surface area contributed by atoms with Crippen LogP contribution < -0.4 is 10.6 Å². The maximum absolute atomic E-state index is 12.3. The lowest BCUT2D eigenvalue weighted by molar-refractivity contribution is -0.123. The smallest absolute Gasteiger partial charge is 0.243 e. The number of nitrogens with zero attached hydrogens (tertiary/aromatic N) is 2. The van der Waals surface area contributed by atoms with Crippen LogP contribution in [-0.2, 0) is 17.6 Å². The third-order valence-electron chi connectivity index (χ3n) is 3.95. The molecule has 0 saturated heterocycles. The lowest BCUT2D eigenvalue weighted by Crippen LogP contribution is -2.41. The minimum absolute atomic E-state index is 0. The van der Waals surface area contributed by atoms with Crippen molar-refractivity contribution in [1.82, 2.24) is 25.6 Å². The number of rotatable bonds is 5. The fraction of sp³-hybridized carbons (Fsp3) is 0.533. The minimum atomic E-state index is -0.334. The molecule has 24 heavy (non-hydrogen) atoms. The average Bonchev–Trinajstić information content (AvgIpc) is 3.10. The first-order chi connectivity index (χ1) is 10.6. The molecule has 3 heterocycles. The highest BCUT2D eigenvalue weighted by Gasteiger charge is 2.27. The van der Waals surface area contributed by atoms with Crippen molar-refractivity contribution in [2.75, 3.05) is 13.1 Å². The third-order valence-corrected chi connectivity index (χ3v) is 5.08. The van der Waals surface area contributed by atoms with Gasteiger partial charge in [-0.25, -0.2) is 9.97 Å². The molecule has 9 heteroatoms. The average molecular weight is 392 g/mol. The molecule has 0 aromatic carbocycles. The summed E-state index contributed by atoms with van der Waals surface area (Å²) in [4.78, 5) is 25.4. The van der Waals surface area contributed by atoms with Gasteiger partial charge in [0.15, 0.2) is 0 Å². The van der Waals surface area contributed by atoms with Crippen molar-refractivity contribution in [2.45, 2.75) is 39.2 Å². The maximum atomic E-state index is 12.3. The van der Waals surface area contributed by atoms with E-state index in [0.29, 0.717) is 6.54 Å². The number of carbonyl (C=O) groups is 1.